The Hall–Kier alpha value is -2.51. The fourth-order valence-electron chi connectivity index (χ4n) is 3.58. The highest BCUT2D eigenvalue weighted by molar-refractivity contribution is 7.80. The van der Waals surface area contributed by atoms with Gasteiger partial charge in [-0.25, -0.2) is 0 Å². The summed E-state index contributed by atoms with van der Waals surface area (Å²) in [6, 6.07) is 14.4. The molecule has 0 amide bonds. The van der Waals surface area contributed by atoms with Gasteiger partial charge in [0.25, 0.3) is 0 Å². The largest absolute Gasteiger partial charge is 0.497 e. The van der Waals surface area contributed by atoms with Crippen molar-refractivity contribution in [1.82, 2.24) is 10.2 Å². The number of thiocarbonyl (C=S) groups is 1. The van der Waals surface area contributed by atoms with E-state index in [2.05, 4.69) is 22.3 Å². The minimum Gasteiger partial charge on any atom is -0.497 e. The molecule has 0 saturated carbocycles. The number of quaternary nitrogens is 1. The Morgan fingerprint density at radius 2 is 1.79 bits per heavy atom. The first kappa shape index (κ1) is 18.8. The molecule has 0 radical (unpaired) electrons. The Labute approximate surface area is 171 Å². The van der Waals surface area contributed by atoms with Crippen LogP contribution in [0.4, 0.5) is 0 Å². The van der Waals surface area contributed by atoms with E-state index in [0.29, 0.717) is 13.3 Å². The Kier molecular flexibility index (Phi) is 5.83. The Morgan fingerprint density at radius 1 is 1.07 bits per heavy atom. The minimum atomic E-state index is 0.299. The van der Waals surface area contributed by atoms with Gasteiger partial charge in [0.1, 0.15) is 12.3 Å². The minimum absolute atomic E-state index is 0.299. The number of benzene rings is 2. The molecule has 0 aliphatic carbocycles. The number of hydrogen-bond acceptors (Lipinski definition) is 4. The summed E-state index contributed by atoms with van der Waals surface area (Å²) < 4.78 is 16.0. The van der Waals surface area contributed by atoms with E-state index in [9.17, 15) is 0 Å². The maximum absolute atomic E-state index is 5.60. The van der Waals surface area contributed by atoms with Crippen LogP contribution in [0.25, 0.3) is 0 Å². The molecule has 1 fully saturated rings. The second kappa shape index (κ2) is 8.67. The van der Waals surface area contributed by atoms with Crippen molar-refractivity contribution in [2.75, 3.05) is 40.1 Å². The van der Waals surface area contributed by atoms with Crippen LogP contribution in [0.3, 0.4) is 0 Å². The van der Waals surface area contributed by atoms with E-state index in [0.717, 1.165) is 60.6 Å². The summed E-state index contributed by atoms with van der Waals surface area (Å²) in [5.41, 5.74) is 2.48. The lowest BCUT2D eigenvalue weighted by molar-refractivity contribution is -0.917. The van der Waals surface area contributed by atoms with Crippen LogP contribution < -0.4 is 24.4 Å². The van der Waals surface area contributed by atoms with Crippen LogP contribution in [-0.4, -0.2) is 50.1 Å². The van der Waals surface area contributed by atoms with Crippen LogP contribution in [0.1, 0.15) is 11.1 Å². The highest BCUT2D eigenvalue weighted by Gasteiger charge is 2.22. The van der Waals surface area contributed by atoms with Gasteiger partial charge in [0, 0.05) is 12.1 Å². The molecule has 6 nitrogen and oxygen atoms in total. The van der Waals surface area contributed by atoms with E-state index < -0.39 is 0 Å². The van der Waals surface area contributed by atoms with Crippen LogP contribution in [0, 0.1) is 0 Å². The molecule has 4 rings (SSSR count). The number of nitrogens with one attached hydrogen (secondary N) is 2. The molecule has 0 aromatic heterocycles. The topological polar surface area (TPSA) is 47.4 Å². The number of fused-ring (bicyclic) bond motifs is 1. The summed E-state index contributed by atoms with van der Waals surface area (Å²) in [5.74, 6) is 2.52. The molecule has 1 saturated heterocycles. The third-order valence-electron chi connectivity index (χ3n) is 5.25. The molecule has 0 atom stereocenters. The zero-order valence-electron chi connectivity index (χ0n) is 16.1. The summed E-state index contributed by atoms with van der Waals surface area (Å²) in [6.45, 7) is 6.13. The van der Waals surface area contributed by atoms with Gasteiger partial charge in [-0.1, -0.05) is 6.07 Å². The first-order valence-electron chi connectivity index (χ1n) is 9.59. The summed E-state index contributed by atoms with van der Waals surface area (Å²) in [4.78, 5) is 3.85. The van der Waals surface area contributed by atoms with Gasteiger partial charge in [-0.05, 0) is 54.2 Å². The average Bonchev–Trinajstić information content (AvgIpc) is 3.21. The normalized spacial score (nSPS) is 16.1. The maximum Gasteiger partial charge on any atom is 0.231 e. The first-order chi connectivity index (χ1) is 13.7. The maximum atomic E-state index is 5.60. The van der Waals surface area contributed by atoms with Crippen molar-refractivity contribution in [3.63, 3.8) is 0 Å². The van der Waals surface area contributed by atoms with Crippen molar-refractivity contribution in [1.29, 1.82) is 0 Å². The lowest BCUT2D eigenvalue weighted by atomic mass is 10.2. The van der Waals surface area contributed by atoms with Crippen molar-refractivity contribution in [3.05, 3.63) is 53.6 Å². The molecule has 2 aliphatic rings. The molecule has 148 valence electrons. The third-order valence-corrected chi connectivity index (χ3v) is 5.65. The van der Waals surface area contributed by atoms with Crippen molar-refractivity contribution >= 4 is 17.3 Å². The molecule has 0 unspecified atom stereocenters. The monoisotopic (exact) mass is 400 g/mol. The van der Waals surface area contributed by atoms with Gasteiger partial charge in [0.2, 0.25) is 6.79 Å². The Bertz CT molecular complexity index is 820. The molecule has 7 heteroatoms. The van der Waals surface area contributed by atoms with E-state index in [1.54, 1.807) is 12.0 Å². The summed E-state index contributed by atoms with van der Waals surface area (Å²) in [7, 11) is 1.70. The number of ether oxygens (including phenoxy) is 3. The average molecular weight is 401 g/mol. The molecule has 0 bridgehead atoms. The number of piperazine rings is 1. The van der Waals surface area contributed by atoms with Gasteiger partial charge in [0.15, 0.2) is 16.6 Å². The highest BCUT2D eigenvalue weighted by Crippen LogP contribution is 2.32. The second-order valence-corrected chi connectivity index (χ2v) is 7.49. The van der Waals surface area contributed by atoms with Crippen LogP contribution in [0.15, 0.2) is 42.5 Å². The molecule has 2 aromatic carbocycles. The molecule has 2 aliphatic heterocycles. The first-order valence-corrected chi connectivity index (χ1v) is 10.00. The zero-order valence-corrected chi connectivity index (χ0v) is 16.9. The van der Waals surface area contributed by atoms with Crippen LogP contribution in [0.5, 0.6) is 17.2 Å². The second-order valence-electron chi connectivity index (χ2n) is 7.11. The van der Waals surface area contributed by atoms with Gasteiger partial charge in [-0.2, -0.15) is 0 Å². The van der Waals surface area contributed by atoms with E-state index >= 15 is 0 Å². The van der Waals surface area contributed by atoms with E-state index in [1.807, 2.05) is 30.3 Å². The molecule has 2 heterocycles. The number of rotatable bonds is 5. The fourth-order valence-corrected chi connectivity index (χ4v) is 3.83. The third kappa shape index (κ3) is 4.48. The van der Waals surface area contributed by atoms with Gasteiger partial charge in [-0.15, -0.1) is 0 Å². The van der Waals surface area contributed by atoms with Gasteiger partial charge in [0.05, 0.1) is 33.3 Å². The Balaban J connectivity index is 1.22. The van der Waals surface area contributed by atoms with Crippen LogP contribution in [0.2, 0.25) is 0 Å². The van der Waals surface area contributed by atoms with E-state index in [4.69, 9.17) is 26.4 Å². The van der Waals surface area contributed by atoms with Crippen LogP contribution in [-0.2, 0) is 13.1 Å². The van der Waals surface area contributed by atoms with Gasteiger partial charge < -0.3 is 29.3 Å². The summed E-state index contributed by atoms with van der Waals surface area (Å²) in [5, 5.41) is 4.20. The smallest absolute Gasteiger partial charge is 0.231 e. The SMILES string of the molecule is COc1ccc(C[NH+]2CCN(C(=S)NCc3ccc4c(c3)OCO4)CC2)cc1. The van der Waals surface area contributed by atoms with Gasteiger partial charge in [-0.3, -0.25) is 0 Å². The molecule has 2 aromatic rings. The molecular formula is C21H26N3O3S+. The molecular weight excluding hydrogens is 374 g/mol. The predicted octanol–water partition coefficient (Wildman–Crippen LogP) is 1.20. The Morgan fingerprint density at radius 3 is 2.54 bits per heavy atom. The standard InChI is InChI=1S/C21H25N3O3S/c1-25-18-5-2-16(3-6-18)14-23-8-10-24(11-9-23)21(28)22-13-17-4-7-19-20(12-17)27-15-26-19/h2-7,12H,8-11,13-15H2,1H3,(H,22,28)/p+1. The quantitative estimate of drug-likeness (QED) is 0.736. The number of hydrogen-bond donors (Lipinski definition) is 2. The molecule has 2 N–H and O–H groups in total. The van der Waals surface area contributed by atoms with Crippen molar-refractivity contribution in [2.45, 2.75) is 13.1 Å². The highest BCUT2D eigenvalue weighted by atomic mass is 32.1. The molecule has 28 heavy (non-hydrogen) atoms. The van der Waals surface area contributed by atoms with Crippen molar-refractivity contribution in [3.8, 4) is 17.2 Å². The molecule has 0 spiro atoms. The van der Waals surface area contributed by atoms with E-state index in [1.165, 1.54) is 5.56 Å². The van der Waals surface area contributed by atoms with Gasteiger partial charge >= 0.3 is 0 Å². The van der Waals surface area contributed by atoms with Crippen molar-refractivity contribution < 1.29 is 19.1 Å². The lowest BCUT2D eigenvalue weighted by Crippen LogP contribution is -3.13. The number of nitrogens with zero attached hydrogens (tertiary/aromatic N) is 1. The summed E-state index contributed by atoms with van der Waals surface area (Å²) in [6.07, 6.45) is 0. The zero-order chi connectivity index (χ0) is 19.3. The number of methoxy groups -OCH3 is 1. The fraction of sp³-hybridized carbons (Fsp3) is 0.381. The van der Waals surface area contributed by atoms with Crippen molar-refractivity contribution in [2.24, 2.45) is 0 Å². The summed E-state index contributed by atoms with van der Waals surface area (Å²) >= 11 is 5.60. The van der Waals surface area contributed by atoms with E-state index in [-0.39, 0.29) is 0 Å². The van der Waals surface area contributed by atoms with Crippen LogP contribution >= 0.6 is 12.2 Å². The predicted molar refractivity (Wildman–Crippen MR) is 111 cm³/mol. The lowest BCUT2D eigenvalue weighted by Gasteiger charge is -2.34.